The third-order valence-corrected chi connectivity index (χ3v) is 3.25. The van der Waals surface area contributed by atoms with Gasteiger partial charge >= 0.3 is 0 Å². The lowest BCUT2D eigenvalue weighted by molar-refractivity contribution is -0.691. The van der Waals surface area contributed by atoms with Gasteiger partial charge in [-0.2, -0.15) is 0 Å². The second-order valence-corrected chi connectivity index (χ2v) is 4.39. The SMILES string of the molecule is CCc1c(C)ccc[n+]1N(CC)c1ccccc1. The van der Waals surface area contributed by atoms with E-state index in [1.54, 1.807) is 0 Å². The third kappa shape index (κ3) is 2.37. The average Bonchev–Trinajstić information content (AvgIpc) is 2.41. The molecule has 0 bridgehead atoms. The predicted octanol–water partition coefficient (Wildman–Crippen LogP) is 3.13. The number of benzene rings is 1. The lowest BCUT2D eigenvalue weighted by atomic mass is 10.2. The molecule has 0 aliphatic rings. The first-order valence-corrected chi connectivity index (χ1v) is 6.61. The molecule has 2 rings (SSSR count). The molecule has 0 aliphatic carbocycles. The zero-order valence-electron chi connectivity index (χ0n) is 11.4. The summed E-state index contributed by atoms with van der Waals surface area (Å²) < 4.78 is 2.27. The van der Waals surface area contributed by atoms with Crippen LogP contribution in [-0.2, 0) is 6.42 Å². The van der Waals surface area contributed by atoms with Crippen LogP contribution >= 0.6 is 0 Å². The molecule has 0 spiro atoms. The van der Waals surface area contributed by atoms with E-state index in [2.05, 4.69) is 79.1 Å². The van der Waals surface area contributed by atoms with E-state index >= 15 is 0 Å². The fourth-order valence-corrected chi connectivity index (χ4v) is 2.36. The van der Waals surface area contributed by atoms with Crippen LogP contribution in [0.15, 0.2) is 48.7 Å². The van der Waals surface area contributed by atoms with Gasteiger partial charge in [-0.3, -0.25) is 0 Å². The molecule has 94 valence electrons. The fraction of sp³-hybridized carbons (Fsp3) is 0.312. The molecule has 2 nitrogen and oxygen atoms in total. The molecule has 0 N–H and O–H groups in total. The van der Waals surface area contributed by atoms with Gasteiger partial charge in [0, 0.05) is 18.1 Å². The van der Waals surface area contributed by atoms with Gasteiger partial charge in [-0.15, -0.1) is 5.01 Å². The first kappa shape index (κ1) is 12.6. The summed E-state index contributed by atoms with van der Waals surface area (Å²) in [6, 6.07) is 14.8. The second-order valence-electron chi connectivity index (χ2n) is 4.39. The molecular formula is C16H21N2+. The topological polar surface area (TPSA) is 7.12 Å². The van der Waals surface area contributed by atoms with Gasteiger partial charge in [0.05, 0.1) is 12.2 Å². The number of aromatic nitrogens is 1. The lowest BCUT2D eigenvalue weighted by Crippen LogP contribution is -2.57. The average molecular weight is 241 g/mol. The molecule has 1 aromatic carbocycles. The number of hydrogen-bond acceptors (Lipinski definition) is 1. The van der Waals surface area contributed by atoms with Crippen molar-refractivity contribution in [3.8, 4) is 0 Å². The smallest absolute Gasteiger partial charge is 0.149 e. The highest BCUT2D eigenvalue weighted by Crippen LogP contribution is 2.12. The largest absolute Gasteiger partial charge is 0.214 e. The van der Waals surface area contributed by atoms with E-state index in [4.69, 9.17) is 0 Å². The zero-order valence-corrected chi connectivity index (χ0v) is 11.4. The van der Waals surface area contributed by atoms with E-state index in [0.717, 1.165) is 13.0 Å². The molecule has 2 aromatic rings. The van der Waals surface area contributed by atoms with Crippen molar-refractivity contribution in [1.29, 1.82) is 0 Å². The molecule has 0 radical (unpaired) electrons. The maximum atomic E-state index is 2.30. The van der Waals surface area contributed by atoms with Crippen molar-refractivity contribution in [3.05, 3.63) is 59.9 Å². The second kappa shape index (κ2) is 5.67. The van der Waals surface area contributed by atoms with Gasteiger partial charge in [0.25, 0.3) is 0 Å². The Morgan fingerprint density at radius 2 is 1.72 bits per heavy atom. The van der Waals surface area contributed by atoms with E-state index in [-0.39, 0.29) is 0 Å². The number of aryl methyl sites for hydroxylation is 1. The van der Waals surface area contributed by atoms with Crippen LogP contribution in [0.25, 0.3) is 0 Å². The Hall–Kier alpha value is -1.83. The molecule has 0 saturated carbocycles. The van der Waals surface area contributed by atoms with E-state index in [1.807, 2.05) is 0 Å². The molecule has 0 saturated heterocycles. The van der Waals surface area contributed by atoms with Crippen molar-refractivity contribution in [1.82, 2.24) is 0 Å². The maximum absolute atomic E-state index is 2.30. The van der Waals surface area contributed by atoms with Crippen LogP contribution < -0.4 is 9.69 Å². The summed E-state index contributed by atoms with van der Waals surface area (Å²) in [7, 11) is 0. The van der Waals surface area contributed by atoms with Gasteiger partial charge in [-0.25, -0.2) is 0 Å². The summed E-state index contributed by atoms with van der Waals surface area (Å²) in [5.74, 6) is 0. The van der Waals surface area contributed by atoms with Crippen LogP contribution in [0.5, 0.6) is 0 Å². The standard InChI is InChI=1S/C16H21N2/c1-4-16-14(3)10-9-13-18(16)17(5-2)15-11-7-6-8-12-15/h6-13H,4-5H2,1-3H3/q+1. The Morgan fingerprint density at radius 1 is 1.00 bits per heavy atom. The molecule has 2 heteroatoms. The summed E-state index contributed by atoms with van der Waals surface area (Å²) in [5, 5.41) is 2.30. The zero-order chi connectivity index (χ0) is 13.0. The normalized spacial score (nSPS) is 10.4. The summed E-state index contributed by atoms with van der Waals surface area (Å²) in [6.45, 7) is 7.51. The van der Waals surface area contributed by atoms with Gasteiger partial charge in [0.2, 0.25) is 5.69 Å². The van der Waals surface area contributed by atoms with E-state index in [9.17, 15) is 0 Å². The predicted molar refractivity (Wildman–Crippen MR) is 75.6 cm³/mol. The van der Waals surface area contributed by atoms with Gasteiger partial charge in [0.15, 0.2) is 6.20 Å². The van der Waals surface area contributed by atoms with Crippen LogP contribution in [0.1, 0.15) is 25.1 Å². The van der Waals surface area contributed by atoms with E-state index in [1.165, 1.54) is 16.9 Å². The minimum atomic E-state index is 0.950. The number of hydrogen-bond donors (Lipinski definition) is 0. The highest BCUT2D eigenvalue weighted by Gasteiger charge is 2.19. The van der Waals surface area contributed by atoms with Crippen molar-refractivity contribution in [2.24, 2.45) is 0 Å². The van der Waals surface area contributed by atoms with Gasteiger partial charge in [-0.1, -0.05) is 29.8 Å². The minimum absolute atomic E-state index is 0.950. The Morgan fingerprint density at radius 3 is 2.33 bits per heavy atom. The van der Waals surface area contributed by atoms with Gasteiger partial charge < -0.3 is 0 Å². The highest BCUT2D eigenvalue weighted by molar-refractivity contribution is 5.42. The van der Waals surface area contributed by atoms with Crippen molar-refractivity contribution in [2.75, 3.05) is 11.6 Å². The molecule has 1 aromatic heterocycles. The number of anilines is 1. The van der Waals surface area contributed by atoms with Crippen molar-refractivity contribution < 1.29 is 4.68 Å². The Kier molecular flexibility index (Phi) is 3.98. The first-order valence-electron chi connectivity index (χ1n) is 6.61. The first-order chi connectivity index (χ1) is 8.77. The van der Waals surface area contributed by atoms with Crippen LogP contribution in [0.4, 0.5) is 5.69 Å². The molecule has 0 fully saturated rings. The Balaban J connectivity index is 2.49. The summed E-state index contributed by atoms with van der Waals surface area (Å²) in [5.41, 5.74) is 3.93. The minimum Gasteiger partial charge on any atom is -0.149 e. The number of para-hydroxylation sites is 1. The van der Waals surface area contributed by atoms with E-state index < -0.39 is 0 Å². The van der Waals surface area contributed by atoms with Crippen LogP contribution in [0.2, 0.25) is 0 Å². The van der Waals surface area contributed by atoms with Crippen molar-refractivity contribution in [2.45, 2.75) is 27.2 Å². The lowest BCUT2D eigenvalue weighted by Gasteiger charge is -2.18. The molecule has 0 amide bonds. The molecule has 18 heavy (non-hydrogen) atoms. The maximum Gasteiger partial charge on any atom is 0.214 e. The summed E-state index contributed by atoms with van der Waals surface area (Å²) >= 11 is 0. The van der Waals surface area contributed by atoms with E-state index in [0.29, 0.717) is 0 Å². The quantitative estimate of drug-likeness (QED) is 0.746. The summed E-state index contributed by atoms with van der Waals surface area (Å²) in [6.07, 6.45) is 3.18. The number of rotatable bonds is 4. The molecule has 0 unspecified atom stereocenters. The number of nitrogens with zero attached hydrogens (tertiary/aromatic N) is 2. The fourth-order valence-electron chi connectivity index (χ4n) is 2.36. The highest BCUT2D eigenvalue weighted by atomic mass is 15.5. The van der Waals surface area contributed by atoms with Crippen LogP contribution in [0, 0.1) is 6.92 Å². The number of pyridine rings is 1. The van der Waals surface area contributed by atoms with Crippen molar-refractivity contribution >= 4 is 5.69 Å². The summed E-state index contributed by atoms with van der Waals surface area (Å²) in [4.78, 5) is 0. The molecular weight excluding hydrogens is 220 g/mol. The Bertz CT molecular complexity index is 506. The monoisotopic (exact) mass is 241 g/mol. The van der Waals surface area contributed by atoms with Crippen molar-refractivity contribution in [3.63, 3.8) is 0 Å². The van der Waals surface area contributed by atoms with Gasteiger partial charge in [0.1, 0.15) is 0 Å². The van der Waals surface area contributed by atoms with Crippen LogP contribution in [0.3, 0.4) is 0 Å². The molecule has 0 aliphatic heterocycles. The van der Waals surface area contributed by atoms with Crippen LogP contribution in [-0.4, -0.2) is 6.54 Å². The Labute approximate surface area is 109 Å². The van der Waals surface area contributed by atoms with Gasteiger partial charge in [-0.05, 0) is 32.0 Å². The third-order valence-electron chi connectivity index (χ3n) is 3.25. The molecule has 1 heterocycles. The molecule has 0 atom stereocenters.